The quantitative estimate of drug-likeness (QED) is 0.662. The van der Waals surface area contributed by atoms with Crippen molar-refractivity contribution in [3.63, 3.8) is 0 Å². The molecular formula is C14H11NO. The van der Waals surface area contributed by atoms with Crippen LogP contribution in [-0.4, -0.2) is 17.2 Å². The van der Waals surface area contributed by atoms with Crippen LogP contribution in [0.15, 0.2) is 48.3 Å². The van der Waals surface area contributed by atoms with Crippen molar-refractivity contribution in [2.24, 2.45) is 0 Å². The van der Waals surface area contributed by atoms with Crippen LogP contribution < -0.4 is 0 Å². The molecule has 0 fully saturated rings. The summed E-state index contributed by atoms with van der Waals surface area (Å²) in [6.45, 7) is 0. The van der Waals surface area contributed by atoms with Crippen molar-refractivity contribution in [1.29, 1.82) is 0 Å². The molecule has 0 N–H and O–H groups in total. The predicted octanol–water partition coefficient (Wildman–Crippen LogP) is 2.45. The van der Waals surface area contributed by atoms with Crippen LogP contribution in [0.1, 0.15) is 11.1 Å². The zero-order chi connectivity index (χ0) is 11.0. The van der Waals surface area contributed by atoms with Crippen LogP contribution in [-0.2, 0) is 4.79 Å². The molecule has 1 aromatic carbocycles. The van der Waals surface area contributed by atoms with Crippen molar-refractivity contribution in [2.45, 2.75) is 6.04 Å². The number of aldehydes is 1. The van der Waals surface area contributed by atoms with Crippen LogP contribution in [0, 0.1) is 0 Å². The number of carbonyl (C=O) groups is 1. The number of rotatable bonds is 1. The second kappa shape index (κ2) is 3.49. The number of hydrogen-bond donors (Lipinski definition) is 0. The van der Waals surface area contributed by atoms with E-state index in [-0.39, 0.29) is 6.04 Å². The molecule has 0 saturated heterocycles. The molecule has 0 spiro atoms. The van der Waals surface area contributed by atoms with Gasteiger partial charge in [0.05, 0.1) is 0 Å². The van der Waals surface area contributed by atoms with E-state index in [2.05, 4.69) is 18.2 Å². The largest absolute Gasteiger partial charge is 0.334 e. The van der Waals surface area contributed by atoms with Gasteiger partial charge in [0.1, 0.15) is 12.3 Å². The number of allylic oxidation sites excluding steroid dienone is 1. The Bertz CT molecular complexity index is 525. The van der Waals surface area contributed by atoms with E-state index < -0.39 is 0 Å². The number of nitrogens with zero attached hydrogens (tertiary/aromatic N) is 1. The highest BCUT2D eigenvalue weighted by Gasteiger charge is 2.21. The molecule has 0 radical (unpaired) electrons. The molecule has 3 rings (SSSR count). The Morgan fingerprint density at radius 3 is 2.75 bits per heavy atom. The standard InChI is InChI=1S/C14H11NO/c16-10-14-6-5-13-9-12-4-2-1-3-11(12)7-8-15(13)14/h1-10,14H. The Labute approximate surface area is 94.2 Å². The Morgan fingerprint density at radius 2 is 1.94 bits per heavy atom. The number of hydrogen-bond acceptors (Lipinski definition) is 2. The first-order valence-electron chi connectivity index (χ1n) is 5.29. The molecule has 2 aliphatic heterocycles. The average Bonchev–Trinajstić information content (AvgIpc) is 2.61. The van der Waals surface area contributed by atoms with E-state index >= 15 is 0 Å². The normalized spacial score (nSPS) is 21.1. The van der Waals surface area contributed by atoms with Gasteiger partial charge in [-0.25, -0.2) is 0 Å². The third-order valence-corrected chi connectivity index (χ3v) is 2.94. The summed E-state index contributed by atoms with van der Waals surface area (Å²) in [6, 6.07) is 8.04. The van der Waals surface area contributed by atoms with Gasteiger partial charge in [-0.3, -0.25) is 0 Å². The smallest absolute Gasteiger partial charge is 0.146 e. The van der Waals surface area contributed by atoms with Crippen molar-refractivity contribution >= 4 is 18.4 Å². The zero-order valence-corrected chi connectivity index (χ0v) is 8.71. The lowest BCUT2D eigenvalue weighted by Crippen LogP contribution is -2.23. The molecule has 78 valence electrons. The molecule has 1 atom stereocenters. The molecule has 0 aromatic heterocycles. The first kappa shape index (κ1) is 9.16. The van der Waals surface area contributed by atoms with Gasteiger partial charge in [-0.15, -0.1) is 0 Å². The molecule has 2 aliphatic rings. The highest BCUT2D eigenvalue weighted by molar-refractivity contribution is 5.74. The van der Waals surface area contributed by atoms with Gasteiger partial charge in [-0.2, -0.15) is 0 Å². The van der Waals surface area contributed by atoms with E-state index in [1.54, 1.807) is 0 Å². The van der Waals surface area contributed by atoms with Crippen molar-refractivity contribution in [3.8, 4) is 0 Å². The van der Waals surface area contributed by atoms with E-state index in [0.717, 1.165) is 12.0 Å². The molecule has 0 bridgehead atoms. The first-order valence-corrected chi connectivity index (χ1v) is 5.29. The van der Waals surface area contributed by atoms with Gasteiger partial charge in [0.15, 0.2) is 0 Å². The first-order chi connectivity index (χ1) is 7.88. The van der Waals surface area contributed by atoms with Gasteiger partial charge < -0.3 is 9.69 Å². The fourth-order valence-electron chi connectivity index (χ4n) is 2.08. The van der Waals surface area contributed by atoms with E-state index in [1.807, 2.05) is 41.5 Å². The molecule has 1 unspecified atom stereocenters. The van der Waals surface area contributed by atoms with Gasteiger partial charge >= 0.3 is 0 Å². The lowest BCUT2D eigenvalue weighted by Gasteiger charge is -2.18. The van der Waals surface area contributed by atoms with Gasteiger partial charge in [-0.05, 0) is 29.4 Å². The number of benzene rings is 1. The molecule has 2 heteroatoms. The molecular weight excluding hydrogens is 198 g/mol. The van der Waals surface area contributed by atoms with Crippen LogP contribution >= 0.6 is 0 Å². The van der Waals surface area contributed by atoms with E-state index in [4.69, 9.17) is 0 Å². The van der Waals surface area contributed by atoms with E-state index in [9.17, 15) is 4.79 Å². The second-order valence-corrected chi connectivity index (χ2v) is 3.91. The van der Waals surface area contributed by atoms with E-state index in [1.165, 1.54) is 11.1 Å². The van der Waals surface area contributed by atoms with Gasteiger partial charge in [0, 0.05) is 11.9 Å². The molecule has 0 amide bonds. The number of fused-ring (bicyclic) bond motifs is 2. The fourth-order valence-corrected chi connectivity index (χ4v) is 2.08. The van der Waals surface area contributed by atoms with Gasteiger partial charge in [0.2, 0.25) is 0 Å². The average molecular weight is 209 g/mol. The molecule has 2 nitrogen and oxygen atoms in total. The summed E-state index contributed by atoms with van der Waals surface area (Å²) in [5.41, 5.74) is 3.44. The fraction of sp³-hybridized carbons (Fsp3) is 0.0714. The van der Waals surface area contributed by atoms with Crippen molar-refractivity contribution < 1.29 is 4.79 Å². The van der Waals surface area contributed by atoms with Crippen molar-refractivity contribution in [2.75, 3.05) is 0 Å². The zero-order valence-electron chi connectivity index (χ0n) is 8.71. The Kier molecular flexibility index (Phi) is 2.00. The maximum Gasteiger partial charge on any atom is 0.146 e. The Balaban J connectivity index is 2.12. The summed E-state index contributed by atoms with van der Waals surface area (Å²) in [5.74, 6) is 0. The van der Waals surface area contributed by atoms with Crippen LogP contribution in [0.3, 0.4) is 0 Å². The third-order valence-electron chi connectivity index (χ3n) is 2.94. The maximum absolute atomic E-state index is 10.9. The third kappa shape index (κ3) is 1.31. The number of carbonyl (C=O) groups excluding carboxylic acids is 1. The maximum atomic E-state index is 10.9. The van der Waals surface area contributed by atoms with Crippen molar-refractivity contribution in [1.82, 2.24) is 4.90 Å². The summed E-state index contributed by atoms with van der Waals surface area (Å²) < 4.78 is 0. The lowest BCUT2D eigenvalue weighted by molar-refractivity contribution is -0.109. The van der Waals surface area contributed by atoms with Gasteiger partial charge in [0.25, 0.3) is 0 Å². The predicted molar refractivity (Wildman–Crippen MR) is 64.3 cm³/mol. The summed E-state index contributed by atoms with van der Waals surface area (Å²) in [7, 11) is 0. The van der Waals surface area contributed by atoms with Crippen LogP contribution in [0.5, 0.6) is 0 Å². The minimum Gasteiger partial charge on any atom is -0.334 e. The topological polar surface area (TPSA) is 20.3 Å². The minimum atomic E-state index is -0.156. The molecule has 0 aliphatic carbocycles. The highest BCUT2D eigenvalue weighted by atomic mass is 16.1. The molecule has 2 heterocycles. The summed E-state index contributed by atoms with van der Waals surface area (Å²) in [4.78, 5) is 12.9. The molecule has 16 heavy (non-hydrogen) atoms. The Morgan fingerprint density at radius 1 is 1.12 bits per heavy atom. The summed E-state index contributed by atoms with van der Waals surface area (Å²) in [5, 5.41) is 0. The lowest BCUT2D eigenvalue weighted by atomic mass is 10.1. The SMILES string of the molecule is O=CC1C=CC2=Cc3ccccc3C=CN21. The Hall–Kier alpha value is -2.09. The van der Waals surface area contributed by atoms with E-state index in [0.29, 0.717) is 0 Å². The summed E-state index contributed by atoms with van der Waals surface area (Å²) >= 11 is 0. The highest BCUT2D eigenvalue weighted by Crippen LogP contribution is 2.27. The van der Waals surface area contributed by atoms with Gasteiger partial charge in [-0.1, -0.05) is 30.3 Å². The van der Waals surface area contributed by atoms with Crippen LogP contribution in [0.25, 0.3) is 12.2 Å². The molecule has 1 aromatic rings. The van der Waals surface area contributed by atoms with Crippen molar-refractivity contribution in [3.05, 3.63) is 59.4 Å². The molecule has 0 saturated carbocycles. The minimum absolute atomic E-state index is 0.156. The second-order valence-electron chi connectivity index (χ2n) is 3.91. The van der Waals surface area contributed by atoms with Crippen LogP contribution in [0.2, 0.25) is 0 Å². The summed E-state index contributed by atoms with van der Waals surface area (Å²) in [6.07, 6.45) is 11.0. The van der Waals surface area contributed by atoms with Crippen LogP contribution in [0.4, 0.5) is 0 Å². The monoisotopic (exact) mass is 209 g/mol.